The highest BCUT2D eigenvalue weighted by Gasteiger charge is 2.05. The van der Waals surface area contributed by atoms with E-state index in [1.165, 1.54) is 0 Å². The second-order valence-electron chi connectivity index (χ2n) is 3.28. The first-order valence-corrected chi connectivity index (χ1v) is 4.75. The van der Waals surface area contributed by atoms with Crippen molar-refractivity contribution in [1.29, 1.82) is 5.41 Å². The highest BCUT2D eigenvalue weighted by atomic mass is 14.8. The fraction of sp³-hybridized carbons (Fsp3) is 0.455. The third-order valence-electron chi connectivity index (χ3n) is 1.97. The summed E-state index contributed by atoms with van der Waals surface area (Å²) in [7, 11) is 0. The third-order valence-corrected chi connectivity index (χ3v) is 1.97. The van der Waals surface area contributed by atoms with Crippen LogP contribution in [0.15, 0.2) is 29.3 Å². The molecule has 0 heterocycles. The van der Waals surface area contributed by atoms with Crippen LogP contribution in [0.2, 0.25) is 0 Å². The quantitative estimate of drug-likeness (QED) is 0.642. The molecule has 1 unspecified atom stereocenters. The molecule has 0 amide bonds. The van der Waals surface area contributed by atoms with Gasteiger partial charge in [-0.25, -0.2) is 0 Å². The molecular weight excluding hydrogens is 160 g/mol. The Morgan fingerprint density at radius 3 is 2.69 bits per heavy atom. The summed E-state index contributed by atoms with van der Waals surface area (Å²) in [5, 5.41) is 7.60. The van der Waals surface area contributed by atoms with Gasteiger partial charge in [-0.15, -0.1) is 0 Å². The smallest absolute Gasteiger partial charge is 0.0826 e. The standard InChI is InChI=1S/C11H16N2/c1-3-6-9(2)13-11-8-5-4-7-10(11)12/h4-5,7-9,12H,3,6H2,1-2H3/b12-10?,13-11-. The van der Waals surface area contributed by atoms with Crippen LogP contribution in [0.25, 0.3) is 0 Å². The number of allylic oxidation sites excluding steroid dienone is 4. The van der Waals surface area contributed by atoms with Crippen LogP contribution in [0.3, 0.4) is 0 Å². The summed E-state index contributed by atoms with van der Waals surface area (Å²) in [6.07, 6.45) is 9.70. The Balaban J connectivity index is 2.65. The lowest BCUT2D eigenvalue weighted by Crippen LogP contribution is -2.13. The molecule has 0 aliphatic heterocycles. The molecule has 1 atom stereocenters. The van der Waals surface area contributed by atoms with E-state index in [9.17, 15) is 0 Å². The molecule has 0 fully saturated rings. The van der Waals surface area contributed by atoms with E-state index < -0.39 is 0 Å². The van der Waals surface area contributed by atoms with Gasteiger partial charge in [0.1, 0.15) is 0 Å². The monoisotopic (exact) mass is 176 g/mol. The molecule has 0 radical (unpaired) electrons. The highest BCUT2D eigenvalue weighted by molar-refractivity contribution is 6.50. The molecule has 0 aromatic heterocycles. The van der Waals surface area contributed by atoms with Crippen LogP contribution < -0.4 is 0 Å². The first kappa shape index (κ1) is 9.90. The van der Waals surface area contributed by atoms with E-state index in [0.717, 1.165) is 18.6 Å². The molecule has 1 aliphatic rings. The molecule has 0 bridgehead atoms. The summed E-state index contributed by atoms with van der Waals surface area (Å²) in [4.78, 5) is 4.46. The van der Waals surface area contributed by atoms with E-state index in [0.29, 0.717) is 11.8 Å². The van der Waals surface area contributed by atoms with Crippen LogP contribution >= 0.6 is 0 Å². The molecule has 0 spiro atoms. The van der Waals surface area contributed by atoms with E-state index in [1.54, 1.807) is 6.08 Å². The van der Waals surface area contributed by atoms with Crippen molar-refractivity contribution >= 4 is 11.4 Å². The van der Waals surface area contributed by atoms with Crippen LogP contribution in [-0.2, 0) is 0 Å². The van der Waals surface area contributed by atoms with Crippen molar-refractivity contribution in [1.82, 2.24) is 0 Å². The Kier molecular flexibility index (Phi) is 3.62. The van der Waals surface area contributed by atoms with Gasteiger partial charge >= 0.3 is 0 Å². The first-order chi connectivity index (χ1) is 6.24. The second kappa shape index (κ2) is 4.75. The van der Waals surface area contributed by atoms with E-state index >= 15 is 0 Å². The lowest BCUT2D eigenvalue weighted by molar-refractivity contribution is 0.656. The van der Waals surface area contributed by atoms with Crippen molar-refractivity contribution in [3.8, 4) is 0 Å². The molecular formula is C11H16N2. The van der Waals surface area contributed by atoms with Crippen LogP contribution in [-0.4, -0.2) is 17.5 Å². The number of hydrogen-bond donors (Lipinski definition) is 1. The summed E-state index contributed by atoms with van der Waals surface area (Å²) in [5.74, 6) is 0. The maximum atomic E-state index is 7.60. The van der Waals surface area contributed by atoms with E-state index in [2.05, 4.69) is 18.8 Å². The van der Waals surface area contributed by atoms with Gasteiger partial charge in [0.25, 0.3) is 0 Å². The minimum atomic E-state index is 0.330. The number of hydrogen-bond acceptors (Lipinski definition) is 2. The summed E-state index contributed by atoms with van der Waals surface area (Å²) in [6.45, 7) is 4.24. The number of nitrogens with zero attached hydrogens (tertiary/aromatic N) is 1. The zero-order valence-corrected chi connectivity index (χ0v) is 8.25. The summed E-state index contributed by atoms with van der Waals surface area (Å²) < 4.78 is 0. The molecule has 0 saturated carbocycles. The van der Waals surface area contributed by atoms with Crippen molar-refractivity contribution in [2.45, 2.75) is 32.7 Å². The predicted octanol–water partition coefficient (Wildman–Crippen LogP) is 2.76. The zero-order chi connectivity index (χ0) is 9.68. The van der Waals surface area contributed by atoms with Gasteiger partial charge in [0.15, 0.2) is 0 Å². The van der Waals surface area contributed by atoms with Crippen LogP contribution in [0.5, 0.6) is 0 Å². The molecule has 2 heteroatoms. The molecule has 1 N–H and O–H groups in total. The van der Waals surface area contributed by atoms with Gasteiger partial charge in [-0.05, 0) is 25.5 Å². The maximum Gasteiger partial charge on any atom is 0.0826 e. The van der Waals surface area contributed by atoms with Gasteiger partial charge in [0.2, 0.25) is 0 Å². The van der Waals surface area contributed by atoms with Gasteiger partial charge in [-0.3, -0.25) is 10.4 Å². The minimum Gasteiger partial charge on any atom is -0.299 e. The van der Waals surface area contributed by atoms with E-state index in [1.807, 2.05) is 18.2 Å². The van der Waals surface area contributed by atoms with Gasteiger partial charge in [0, 0.05) is 6.04 Å². The number of rotatable bonds is 3. The molecule has 1 rings (SSSR count). The van der Waals surface area contributed by atoms with Gasteiger partial charge in [-0.2, -0.15) is 0 Å². The number of nitrogens with one attached hydrogen (secondary N) is 1. The lowest BCUT2D eigenvalue weighted by atomic mass is 10.1. The van der Waals surface area contributed by atoms with Gasteiger partial charge in [-0.1, -0.05) is 25.5 Å². The molecule has 70 valence electrons. The lowest BCUT2D eigenvalue weighted by Gasteiger charge is -2.08. The Morgan fingerprint density at radius 2 is 2.08 bits per heavy atom. The molecule has 1 aliphatic carbocycles. The van der Waals surface area contributed by atoms with Gasteiger partial charge in [0.05, 0.1) is 11.4 Å². The van der Waals surface area contributed by atoms with Crippen LogP contribution in [0, 0.1) is 5.41 Å². The molecule has 0 saturated heterocycles. The number of aliphatic imine (C=N–C) groups is 1. The SMILES string of the molecule is CCCC(C)/N=C1/C=CC=CC1=N. The largest absolute Gasteiger partial charge is 0.299 e. The Hall–Kier alpha value is -1.18. The molecule has 0 aromatic rings. The van der Waals surface area contributed by atoms with Crippen molar-refractivity contribution in [3.63, 3.8) is 0 Å². The fourth-order valence-corrected chi connectivity index (χ4v) is 1.31. The topological polar surface area (TPSA) is 36.2 Å². The van der Waals surface area contributed by atoms with Gasteiger partial charge < -0.3 is 0 Å². The average Bonchev–Trinajstić information content (AvgIpc) is 2.09. The summed E-state index contributed by atoms with van der Waals surface area (Å²) in [6, 6.07) is 0.330. The molecule has 0 aromatic carbocycles. The third kappa shape index (κ3) is 2.98. The van der Waals surface area contributed by atoms with Crippen molar-refractivity contribution in [3.05, 3.63) is 24.3 Å². The molecule has 13 heavy (non-hydrogen) atoms. The van der Waals surface area contributed by atoms with Crippen molar-refractivity contribution in [2.75, 3.05) is 0 Å². The fourth-order valence-electron chi connectivity index (χ4n) is 1.31. The minimum absolute atomic E-state index is 0.330. The van der Waals surface area contributed by atoms with Crippen molar-refractivity contribution < 1.29 is 0 Å². The zero-order valence-electron chi connectivity index (χ0n) is 8.25. The summed E-state index contributed by atoms with van der Waals surface area (Å²) in [5.41, 5.74) is 1.33. The van der Waals surface area contributed by atoms with E-state index in [4.69, 9.17) is 5.41 Å². The predicted molar refractivity (Wildman–Crippen MR) is 57.8 cm³/mol. The first-order valence-electron chi connectivity index (χ1n) is 4.75. The Morgan fingerprint density at radius 1 is 1.38 bits per heavy atom. The van der Waals surface area contributed by atoms with Crippen molar-refractivity contribution in [2.24, 2.45) is 4.99 Å². The average molecular weight is 176 g/mol. The van der Waals surface area contributed by atoms with E-state index in [-0.39, 0.29) is 0 Å². The Bertz CT molecular complexity index is 272. The highest BCUT2D eigenvalue weighted by Crippen LogP contribution is 2.04. The normalized spacial score (nSPS) is 21.1. The molecule has 2 nitrogen and oxygen atoms in total. The second-order valence-corrected chi connectivity index (χ2v) is 3.28. The Labute approximate surface area is 79.6 Å². The summed E-state index contributed by atoms with van der Waals surface area (Å²) >= 11 is 0. The maximum absolute atomic E-state index is 7.60. The van der Waals surface area contributed by atoms with Crippen LogP contribution in [0.1, 0.15) is 26.7 Å². The van der Waals surface area contributed by atoms with Crippen LogP contribution in [0.4, 0.5) is 0 Å².